The Balaban J connectivity index is 1.55. The number of hydrogen-bond acceptors (Lipinski definition) is 3. The van der Waals surface area contributed by atoms with Gasteiger partial charge in [0, 0.05) is 6.04 Å². The SMILES string of the molecule is CN1CCC(CCNC2CCN(CC(F)(F)F)CC2)CC1. The lowest BCUT2D eigenvalue weighted by Crippen LogP contribution is -2.46. The van der Waals surface area contributed by atoms with Gasteiger partial charge in [-0.25, -0.2) is 0 Å². The predicted molar refractivity (Wildman–Crippen MR) is 78.4 cm³/mol. The van der Waals surface area contributed by atoms with Gasteiger partial charge in [0.15, 0.2) is 0 Å². The zero-order valence-corrected chi connectivity index (χ0v) is 13.0. The summed E-state index contributed by atoms with van der Waals surface area (Å²) in [4.78, 5) is 3.90. The number of rotatable bonds is 5. The molecule has 124 valence electrons. The minimum absolute atomic E-state index is 0.403. The van der Waals surface area contributed by atoms with Crippen LogP contribution in [0.25, 0.3) is 0 Å². The lowest BCUT2D eigenvalue weighted by Gasteiger charge is -2.33. The van der Waals surface area contributed by atoms with E-state index in [2.05, 4.69) is 17.3 Å². The molecule has 2 aliphatic rings. The second kappa shape index (κ2) is 7.79. The topological polar surface area (TPSA) is 18.5 Å². The van der Waals surface area contributed by atoms with Crippen molar-refractivity contribution in [2.45, 2.75) is 44.3 Å². The van der Waals surface area contributed by atoms with Crippen LogP contribution in [-0.2, 0) is 0 Å². The van der Waals surface area contributed by atoms with Crippen LogP contribution >= 0.6 is 0 Å². The highest BCUT2D eigenvalue weighted by atomic mass is 19.4. The van der Waals surface area contributed by atoms with E-state index in [4.69, 9.17) is 0 Å². The molecule has 2 saturated heterocycles. The van der Waals surface area contributed by atoms with Gasteiger partial charge in [0.1, 0.15) is 0 Å². The monoisotopic (exact) mass is 307 g/mol. The summed E-state index contributed by atoms with van der Waals surface area (Å²) >= 11 is 0. The van der Waals surface area contributed by atoms with Crippen molar-refractivity contribution in [3.8, 4) is 0 Å². The van der Waals surface area contributed by atoms with E-state index in [1.54, 1.807) is 0 Å². The molecule has 0 atom stereocenters. The molecule has 0 spiro atoms. The lowest BCUT2D eigenvalue weighted by atomic mass is 9.93. The largest absolute Gasteiger partial charge is 0.401 e. The van der Waals surface area contributed by atoms with E-state index in [0.717, 1.165) is 25.3 Å². The summed E-state index contributed by atoms with van der Waals surface area (Å²) in [5, 5.41) is 3.54. The highest BCUT2D eigenvalue weighted by molar-refractivity contribution is 4.79. The normalized spacial score (nSPS) is 24.6. The maximum Gasteiger partial charge on any atom is 0.401 e. The van der Waals surface area contributed by atoms with Gasteiger partial charge in [0.2, 0.25) is 0 Å². The van der Waals surface area contributed by atoms with E-state index in [1.165, 1.54) is 37.3 Å². The van der Waals surface area contributed by atoms with Crippen molar-refractivity contribution in [2.75, 3.05) is 46.3 Å². The molecule has 21 heavy (non-hydrogen) atoms. The van der Waals surface area contributed by atoms with E-state index in [1.807, 2.05) is 0 Å². The number of piperidine rings is 2. The smallest absolute Gasteiger partial charge is 0.314 e. The van der Waals surface area contributed by atoms with E-state index in [9.17, 15) is 13.2 Å². The molecule has 3 nitrogen and oxygen atoms in total. The number of likely N-dealkylation sites (tertiary alicyclic amines) is 2. The molecule has 6 heteroatoms. The molecule has 0 bridgehead atoms. The van der Waals surface area contributed by atoms with Gasteiger partial charge < -0.3 is 10.2 Å². The quantitative estimate of drug-likeness (QED) is 0.841. The number of hydrogen-bond donors (Lipinski definition) is 1. The molecule has 2 fully saturated rings. The van der Waals surface area contributed by atoms with E-state index >= 15 is 0 Å². The molecule has 0 aromatic carbocycles. The van der Waals surface area contributed by atoms with Crippen LogP contribution in [0, 0.1) is 5.92 Å². The Bertz CT molecular complexity index is 293. The van der Waals surface area contributed by atoms with Crippen LogP contribution in [0.15, 0.2) is 0 Å². The molecular weight excluding hydrogens is 279 g/mol. The summed E-state index contributed by atoms with van der Waals surface area (Å²) in [6, 6.07) is 0.403. The average molecular weight is 307 g/mol. The van der Waals surface area contributed by atoms with Crippen molar-refractivity contribution in [1.82, 2.24) is 15.1 Å². The molecule has 0 aromatic heterocycles. The Labute approximate surface area is 125 Å². The summed E-state index contributed by atoms with van der Waals surface area (Å²) in [5.74, 6) is 0.819. The van der Waals surface area contributed by atoms with Gasteiger partial charge in [-0.3, -0.25) is 4.90 Å². The third kappa shape index (κ3) is 6.53. The Morgan fingerprint density at radius 3 is 2.19 bits per heavy atom. The number of halogens is 3. The summed E-state index contributed by atoms with van der Waals surface area (Å²) in [6.07, 6.45) is 1.38. The molecule has 2 rings (SSSR count). The van der Waals surface area contributed by atoms with Crippen LogP contribution in [0.1, 0.15) is 32.1 Å². The fourth-order valence-electron chi connectivity index (χ4n) is 3.39. The molecule has 0 aromatic rings. The maximum atomic E-state index is 12.3. The van der Waals surface area contributed by atoms with Gasteiger partial charge >= 0.3 is 6.18 Å². The summed E-state index contributed by atoms with van der Waals surface area (Å²) in [5.41, 5.74) is 0. The molecule has 0 amide bonds. The van der Waals surface area contributed by atoms with Crippen molar-refractivity contribution < 1.29 is 13.2 Å². The first-order valence-corrected chi connectivity index (χ1v) is 8.13. The van der Waals surface area contributed by atoms with Crippen molar-refractivity contribution in [2.24, 2.45) is 5.92 Å². The van der Waals surface area contributed by atoms with Crippen LogP contribution in [0.4, 0.5) is 13.2 Å². The third-order valence-corrected chi connectivity index (χ3v) is 4.81. The van der Waals surface area contributed by atoms with Crippen molar-refractivity contribution in [1.29, 1.82) is 0 Å². The number of nitrogens with zero attached hydrogens (tertiary/aromatic N) is 2. The first kappa shape index (κ1) is 17.0. The molecule has 0 saturated carbocycles. The number of alkyl halides is 3. The zero-order valence-electron chi connectivity index (χ0n) is 13.0. The highest BCUT2D eigenvalue weighted by Gasteiger charge is 2.32. The van der Waals surface area contributed by atoms with Crippen molar-refractivity contribution in [3.63, 3.8) is 0 Å². The molecule has 2 heterocycles. The molecule has 1 N–H and O–H groups in total. The summed E-state index contributed by atoms with van der Waals surface area (Å²) < 4.78 is 36.9. The minimum atomic E-state index is -4.06. The minimum Gasteiger partial charge on any atom is -0.314 e. The second-order valence-electron chi connectivity index (χ2n) is 6.66. The Morgan fingerprint density at radius 2 is 1.62 bits per heavy atom. The second-order valence-corrected chi connectivity index (χ2v) is 6.66. The first-order valence-electron chi connectivity index (χ1n) is 8.13. The van der Waals surface area contributed by atoms with Gasteiger partial charge in [0.25, 0.3) is 0 Å². The van der Waals surface area contributed by atoms with Crippen molar-refractivity contribution >= 4 is 0 Å². The lowest BCUT2D eigenvalue weighted by molar-refractivity contribution is -0.148. The van der Waals surface area contributed by atoms with Crippen LogP contribution in [-0.4, -0.2) is 68.3 Å². The molecule has 2 aliphatic heterocycles. The zero-order chi connectivity index (χ0) is 15.3. The average Bonchev–Trinajstić information content (AvgIpc) is 2.41. The summed E-state index contributed by atoms with van der Waals surface area (Å²) in [7, 11) is 2.17. The number of nitrogens with one attached hydrogen (secondary N) is 1. The van der Waals surface area contributed by atoms with Crippen LogP contribution in [0.2, 0.25) is 0 Å². The Morgan fingerprint density at radius 1 is 1.00 bits per heavy atom. The van der Waals surface area contributed by atoms with E-state index in [-0.39, 0.29) is 0 Å². The van der Waals surface area contributed by atoms with Crippen LogP contribution < -0.4 is 5.32 Å². The standard InChI is InChI=1S/C15H28F3N3/c1-20-8-3-13(4-9-20)2-7-19-14-5-10-21(11-6-14)12-15(16,17)18/h13-14,19H,2-12H2,1H3. The molecule has 0 radical (unpaired) electrons. The van der Waals surface area contributed by atoms with Gasteiger partial charge in [-0.05, 0) is 77.8 Å². The van der Waals surface area contributed by atoms with Gasteiger partial charge in [0.05, 0.1) is 6.54 Å². The predicted octanol–water partition coefficient (Wildman–Crippen LogP) is 2.33. The summed E-state index contributed by atoms with van der Waals surface area (Å²) in [6.45, 7) is 3.77. The fraction of sp³-hybridized carbons (Fsp3) is 1.00. The highest BCUT2D eigenvalue weighted by Crippen LogP contribution is 2.21. The molecular formula is C15H28F3N3. The van der Waals surface area contributed by atoms with Crippen LogP contribution in [0.5, 0.6) is 0 Å². The Hall–Kier alpha value is -0.330. The van der Waals surface area contributed by atoms with Crippen molar-refractivity contribution in [3.05, 3.63) is 0 Å². The van der Waals surface area contributed by atoms with Crippen LogP contribution in [0.3, 0.4) is 0 Å². The van der Waals surface area contributed by atoms with Gasteiger partial charge in [-0.2, -0.15) is 13.2 Å². The van der Waals surface area contributed by atoms with E-state index < -0.39 is 12.7 Å². The van der Waals surface area contributed by atoms with Gasteiger partial charge in [-0.15, -0.1) is 0 Å². The first-order chi connectivity index (χ1) is 9.92. The fourth-order valence-corrected chi connectivity index (χ4v) is 3.39. The maximum absolute atomic E-state index is 12.3. The third-order valence-electron chi connectivity index (χ3n) is 4.81. The molecule has 0 unspecified atom stereocenters. The Kier molecular flexibility index (Phi) is 6.32. The van der Waals surface area contributed by atoms with E-state index in [0.29, 0.717) is 19.1 Å². The molecule has 0 aliphatic carbocycles. The van der Waals surface area contributed by atoms with Gasteiger partial charge in [-0.1, -0.05) is 0 Å².